The Bertz CT molecular complexity index is 548. The molecule has 1 aliphatic heterocycles. The van der Waals surface area contributed by atoms with Gasteiger partial charge in [0.15, 0.2) is 0 Å². The molecule has 1 N–H and O–H groups in total. The van der Waals surface area contributed by atoms with Crippen LogP contribution in [-0.4, -0.2) is 60.8 Å². The van der Waals surface area contributed by atoms with Crippen LogP contribution in [0.25, 0.3) is 0 Å². The Balaban J connectivity index is 1.70. The zero-order valence-corrected chi connectivity index (χ0v) is 12.4. The van der Waals surface area contributed by atoms with Gasteiger partial charge in [0.05, 0.1) is 13.2 Å². The minimum absolute atomic E-state index is 0.0857. The number of rotatable bonds is 5. The second kappa shape index (κ2) is 6.36. The number of carbonyl (C=O) groups excluding carboxylic acids is 1. The maximum absolute atomic E-state index is 12.5. The van der Waals surface area contributed by atoms with E-state index < -0.39 is 5.97 Å². The third kappa shape index (κ3) is 3.39. The predicted molar refractivity (Wildman–Crippen MR) is 81.2 cm³/mol. The number of morpholine rings is 1. The lowest BCUT2D eigenvalue weighted by molar-refractivity contribution is -0.137. The van der Waals surface area contributed by atoms with Crippen molar-refractivity contribution in [2.75, 3.05) is 37.7 Å². The Morgan fingerprint density at radius 2 is 1.82 bits per heavy atom. The van der Waals surface area contributed by atoms with E-state index in [1.54, 1.807) is 12.1 Å². The van der Waals surface area contributed by atoms with Gasteiger partial charge in [-0.25, -0.2) is 0 Å². The SMILES string of the molecule is O=C(O)CN(C(=O)c1ccc(N2CCOCC2)cc1)C1CC1. The summed E-state index contributed by atoms with van der Waals surface area (Å²) in [5.74, 6) is -1.16. The molecule has 1 aliphatic carbocycles. The zero-order chi connectivity index (χ0) is 15.5. The summed E-state index contributed by atoms with van der Waals surface area (Å²) in [6.07, 6.45) is 1.79. The number of hydrogen-bond acceptors (Lipinski definition) is 4. The maximum atomic E-state index is 12.5. The van der Waals surface area contributed by atoms with Crippen molar-refractivity contribution in [2.24, 2.45) is 0 Å². The number of carbonyl (C=O) groups is 2. The van der Waals surface area contributed by atoms with E-state index in [4.69, 9.17) is 9.84 Å². The fraction of sp³-hybridized carbons (Fsp3) is 0.500. The smallest absolute Gasteiger partial charge is 0.323 e. The molecule has 0 aromatic heterocycles. The lowest BCUT2D eigenvalue weighted by Crippen LogP contribution is -2.37. The summed E-state index contributed by atoms with van der Waals surface area (Å²) in [5.41, 5.74) is 1.61. The molecule has 1 amide bonds. The van der Waals surface area contributed by atoms with Crippen LogP contribution in [0.1, 0.15) is 23.2 Å². The molecule has 1 saturated carbocycles. The molecule has 0 spiro atoms. The molecular formula is C16H20N2O4. The van der Waals surface area contributed by atoms with Gasteiger partial charge in [-0.2, -0.15) is 0 Å². The van der Waals surface area contributed by atoms with Crippen LogP contribution in [0.3, 0.4) is 0 Å². The number of anilines is 1. The summed E-state index contributed by atoms with van der Waals surface area (Å²) in [6.45, 7) is 2.90. The molecule has 2 aliphatic rings. The van der Waals surface area contributed by atoms with Gasteiger partial charge in [-0.05, 0) is 37.1 Å². The van der Waals surface area contributed by atoms with E-state index in [9.17, 15) is 9.59 Å². The van der Waals surface area contributed by atoms with Crippen LogP contribution in [0.15, 0.2) is 24.3 Å². The van der Waals surface area contributed by atoms with Crippen LogP contribution in [-0.2, 0) is 9.53 Å². The molecule has 1 heterocycles. The molecule has 3 rings (SSSR count). The summed E-state index contributed by atoms with van der Waals surface area (Å²) in [6, 6.07) is 7.49. The number of benzene rings is 1. The number of carboxylic acid groups (broad SMARTS) is 1. The highest BCUT2D eigenvalue weighted by Crippen LogP contribution is 2.28. The summed E-state index contributed by atoms with van der Waals surface area (Å²) < 4.78 is 5.33. The second-order valence-corrected chi connectivity index (χ2v) is 5.70. The van der Waals surface area contributed by atoms with Gasteiger partial charge < -0.3 is 19.6 Å². The van der Waals surface area contributed by atoms with Gasteiger partial charge >= 0.3 is 5.97 Å². The first-order chi connectivity index (χ1) is 10.6. The Hall–Kier alpha value is -2.08. The molecular weight excluding hydrogens is 284 g/mol. The number of nitrogens with zero attached hydrogens (tertiary/aromatic N) is 2. The van der Waals surface area contributed by atoms with E-state index in [2.05, 4.69) is 4.90 Å². The highest BCUT2D eigenvalue weighted by atomic mass is 16.5. The monoisotopic (exact) mass is 304 g/mol. The van der Waals surface area contributed by atoms with Crippen LogP contribution in [0.2, 0.25) is 0 Å². The molecule has 6 nitrogen and oxygen atoms in total. The van der Waals surface area contributed by atoms with E-state index in [0.29, 0.717) is 5.56 Å². The second-order valence-electron chi connectivity index (χ2n) is 5.70. The molecule has 2 fully saturated rings. The molecule has 22 heavy (non-hydrogen) atoms. The fourth-order valence-corrected chi connectivity index (χ4v) is 2.70. The van der Waals surface area contributed by atoms with Crippen molar-refractivity contribution in [1.29, 1.82) is 0 Å². The lowest BCUT2D eigenvalue weighted by Gasteiger charge is -2.29. The van der Waals surface area contributed by atoms with Gasteiger partial charge in [-0.15, -0.1) is 0 Å². The van der Waals surface area contributed by atoms with Crippen LogP contribution in [0.5, 0.6) is 0 Å². The Morgan fingerprint density at radius 3 is 2.36 bits per heavy atom. The molecule has 1 aromatic carbocycles. The van der Waals surface area contributed by atoms with Crippen LogP contribution in [0.4, 0.5) is 5.69 Å². The van der Waals surface area contributed by atoms with Crippen molar-refractivity contribution in [3.63, 3.8) is 0 Å². The normalized spacial score (nSPS) is 18.1. The predicted octanol–water partition coefficient (Wildman–Crippen LogP) is 1.21. The average molecular weight is 304 g/mol. The number of aliphatic carboxylic acids is 1. The number of ether oxygens (including phenoxy) is 1. The molecule has 6 heteroatoms. The van der Waals surface area contributed by atoms with Crippen molar-refractivity contribution >= 4 is 17.6 Å². The first kappa shape index (κ1) is 14.8. The summed E-state index contributed by atoms with van der Waals surface area (Å²) in [7, 11) is 0. The van der Waals surface area contributed by atoms with Crippen LogP contribution in [0, 0.1) is 0 Å². The van der Waals surface area contributed by atoms with Crippen LogP contribution < -0.4 is 4.90 Å². The minimum atomic E-state index is -0.967. The van der Waals surface area contributed by atoms with E-state index >= 15 is 0 Å². The summed E-state index contributed by atoms with van der Waals surface area (Å²) in [5, 5.41) is 8.96. The molecule has 0 unspecified atom stereocenters. The van der Waals surface area contributed by atoms with Crippen molar-refractivity contribution in [2.45, 2.75) is 18.9 Å². The lowest BCUT2D eigenvalue weighted by atomic mass is 10.1. The van der Waals surface area contributed by atoms with Gasteiger partial charge in [0, 0.05) is 30.4 Å². The Kier molecular flexibility index (Phi) is 4.29. The third-order valence-electron chi connectivity index (χ3n) is 4.04. The van der Waals surface area contributed by atoms with Crippen molar-refractivity contribution in [3.05, 3.63) is 29.8 Å². The zero-order valence-electron chi connectivity index (χ0n) is 12.4. The van der Waals surface area contributed by atoms with Crippen molar-refractivity contribution < 1.29 is 19.4 Å². The van der Waals surface area contributed by atoms with E-state index in [0.717, 1.165) is 44.8 Å². The van der Waals surface area contributed by atoms with Crippen LogP contribution >= 0.6 is 0 Å². The number of amides is 1. The summed E-state index contributed by atoms with van der Waals surface area (Å²) >= 11 is 0. The molecule has 0 radical (unpaired) electrons. The van der Waals surface area contributed by atoms with Gasteiger partial charge in [0.1, 0.15) is 6.54 Å². The third-order valence-corrected chi connectivity index (χ3v) is 4.04. The van der Waals surface area contributed by atoms with E-state index in [1.165, 1.54) is 4.90 Å². The van der Waals surface area contributed by atoms with Gasteiger partial charge in [-0.1, -0.05) is 0 Å². The number of hydrogen-bond donors (Lipinski definition) is 1. The highest BCUT2D eigenvalue weighted by Gasteiger charge is 2.34. The van der Waals surface area contributed by atoms with E-state index in [1.807, 2.05) is 12.1 Å². The standard InChI is InChI=1S/C16H20N2O4/c19-15(20)11-18(14-5-6-14)16(21)12-1-3-13(4-2-12)17-7-9-22-10-8-17/h1-4,14H,5-11H2,(H,19,20). The maximum Gasteiger partial charge on any atom is 0.323 e. The first-order valence-electron chi connectivity index (χ1n) is 7.60. The first-order valence-corrected chi connectivity index (χ1v) is 7.60. The summed E-state index contributed by atoms with van der Waals surface area (Å²) in [4.78, 5) is 27.1. The Morgan fingerprint density at radius 1 is 1.18 bits per heavy atom. The van der Waals surface area contributed by atoms with Crippen molar-refractivity contribution in [3.8, 4) is 0 Å². The number of carboxylic acids is 1. The molecule has 118 valence electrons. The van der Waals surface area contributed by atoms with Gasteiger partial charge in [0.2, 0.25) is 0 Å². The largest absolute Gasteiger partial charge is 0.480 e. The molecule has 1 aromatic rings. The van der Waals surface area contributed by atoms with Crippen molar-refractivity contribution in [1.82, 2.24) is 4.90 Å². The Labute approximate surface area is 129 Å². The quantitative estimate of drug-likeness (QED) is 0.885. The van der Waals surface area contributed by atoms with Gasteiger partial charge in [-0.3, -0.25) is 9.59 Å². The fourth-order valence-electron chi connectivity index (χ4n) is 2.70. The minimum Gasteiger partial charge on any atom is -0.480 e. The topological polar surface area (TPSA) is 70.1 Å². The molecule has 0 bridgehead atoms. The molecule has 0 atom stereocenters. The highest BCUT2D eigenvalue weighted by molar-refractivity contribution is 5.96. The van der Waals surface area contributed by atoms with Gasteiger partial charge in [0.25, 0.3) is 5.91 Å². The molecule has 1 saturated heterocycles. The van der Waals surface area contributed by atoms with E-state index in [-0.39, 0.29) is 18.5 Å². The average Bonchev–Trinajstić information content (AvgIpc) is 3.38.